The molecule has 0 aromatic heterocycles. The lowest BCUT2D eigenvalue weighted by molar-refractivity contribution is 0.210. The maximum absolute atomic E-state index is 12.4. The van der Waals surface area contributed by atoms with Gasteiger partial charge >= 0.3 is 0 Å². The summed E-state index contributed by atoms with van der Waals surface area (Å²) in [6.07, 6.45) is 4.79. The van der Waals surface area contributed by atoms with Gasteiger partial charge in [0, 0.05) is 11.6 Å². The second kappa shape index (κ2) is 7.55. The standard InChI is InChI=1S/C18H20ClNO3S/c19-18-8-4-1-5-14(18)13-20-24(21,22)17-11-9-16(10-12-17)23-15-6-2-3-7-15/h1,4-5,8-12,15,20H,2-3,6-7,13H2. The lowest BCUT2D eigenvalue weighted by Gasteiger charge is -2.13. The van der Waals surface area contributed by atoms with E-state index in [4.69, 9.17) is 16.3 Å². The van der Waals surface area contributed by atoms with Crippen molar-refractivity contribution in [1.82, 2.24) is 4.72 Å². The van der Waals surface area contributed by atoms with E-state index in [1.807, 2.05) is 12.1 Å². The van der Waals surface area contributed by atoms with E-state index in [9.17, 15) is 8.42 Å². The minimum Gasteiger partial charge on any atom is -0.490 e. The summed E-state index contributed by atoms with van der Waals surface area (Å²) in [5.41, 5.74) is 0.740. The van der Waals surface area contributed by atoms with Gasteiger partial charge in [0.2, 0.25) is 10.0 Å². The SMILES string of the molecule is O=S(=O)(NCc1ccccc1Cl)c1ccc(OC2CCCC2)cc1. The van der Waals surface area contributed by atoms with E-state index in [-0.39, 0.29) is 17.5 Å². The van der Waals surface area contributed by atoms with Crippen LogP contribution in [0.15, 0.2) is 53.4 Å². The fraction of sp³-hybridized carbons (Fsp3) is 0.333. The molecule has 0 spiro atoms. The topological polar surface area (TPSA) is 55.4 Å². The van der Waals surface area contributed by atoms with E-state index in [1.165, 1.54) is 12.8 Å². The van der Waals surface area contributed by atoms with Gasteiger partial charge in [-0.25, -0.2) is 13.1 Å². The van der Waals surface area contributed by atoms with Crippen molar-refractivity contribution in [2.75, 3.05) is 0 Å². The molecule has 0 bridgehead atoms. The van der Waals surface area contributed by atoms with Crippen LogP contribution in [0.1, 0.15) is 31.2 Å². The summed E-state index contributed by atoms with van der Waals surface area (Å²) in [6, 6.07) is 13.7. The Morgan fingerprint density at radius 3 is 2.38 bits per heavy atom. The van der Waals surface area contributed by atoms with Gasteiger partial charge < -0.3 is 4.74 Å². The molecule has 0 atom stereocenters. The van der Waals surface area contributed by atoms with Gasteiger partial charge in [0.15, 0.2) is 0 Å². The van der Waals surface area contributed by atoms with E-state index in [0.717, 1.165) is 18.4 Å². The highest BCUT2D eigenvalue weighted by atomic mass is 35.5. The van der Waals surface area contributed by atoms with Gasteiger partial charge in [0.1, 0.15) is 5.75 Å². The van der Waals surface area contributed by atoms with Crippen LogP contribution in [0.25, 0.3) is 0 Å². The van der Waals surface area contributed by atoms with Gasteiger partial charge in [0.05, 0.1) is 11.0 Å². The summed E-state index contributed by atoms with van der Waals surface area (Å²) in [6.45, 7) is 0.155. The van der Waals surface area contributed by atoms with Crippen molar-refractivity contribution in [1.29, 1.82) is 0 Å². The van der Waals surface area contributed by atoms with Crippen molar-refractivity contribution in [2.45, 2.75) is 43.2 Å². The third-order valence-corrected chi connectivity index (χ3v) is 5.94. The molecule has 0 heterocycles. The largest absolute Gasteiger partial charge is 0.490 e. The zero-order chi connectivity index (χ0) is 17.0. The highest BCUT2D eigenvalue weighted by molar-refractivity contribution is 7.89. The lowest BCUT2D eigenvalue weighted by Crippen LogP contribution is -2.23. The van der Waals surface area contributed by atoms with Crippen LogP contribution in [0.2, 0.25) is 5.02 Å². The van der Waals surface area contributed by atoms with Crippen molar-refractivity contribution >= 4 is 21.6 Å². The Labute approximate surface area is 147 Å². The first-order chi connectivity index (χ1) is 11.5. The fourth-order valence-corrected chi connectivity index (χ4v) is 4.00. The maximum Gasteiger partial charge on any atom is 0.240 e. The zero-order valence-corrected chi connectivity index (χ0v) is 14.8. The van der Waals surface area contributed by atoms with E-state index >= 15 is 0 Å². The Balaban J connectivity index is 1.64. The van der Waals surface area contributed by atoms with Gasteiger partial charge in [-0.05, 0) is 61.6 Å². The van der Waals surface area contributed by atoms with Gasteiger partial charge in [-0.15, -0.1) is 0 Å². The van der Waals surface area contributed by atoms with Gasteiger partial charge in [-0.1, -0.05) is 29.8 Å². The van der Waals surface area contributed by atoms with Gasteiger partial charge in [0.25, 0.3) is 0 Å². The molecule has 0 radical (unpaired) electrons. The van der Waals surface area contributed by atoms with E-state index in [2.05, 4.69) is 4.72 Å². The molecular formula is C18H20ClNO3S. The number of halogens is 1. The molecule has 128 valence electrons. The molecule has 2 aromatic rings. The Kier molecular flexibility index (Phi) is 5.43. The van der Waals surface area contributed by atoms with E-state index < -0.39 is 10.0 Å². The van der Waals surface area contributed by atoms with E-state index in [1.54, 1.807) is 36.4 Å². The second-order valence-electron chi connectivity index (χ2n) is 5.91. The van der Waals surface area contributed by atoms with Crippen LogP contribution in [-0.2, 0) is 16.6 Å². The molecule has 0 saturated heterocycles. The van der Waals surface area contributed by atoms with Gasteiger partial charge in [-0.2, -0.15) is 0 Å². The minimum atomic E-state index is -3.58. The summed E-state index contributed by atoms with van der Waals surface area (Å²) in [5, 5.41) is 0.542. The monoisotopic (exact) mass is 365 g/mol. The van der Waals surface area contributed by atoms with Crippen molar-refractivity contribution in [3.8, 4) is 5.75 Å². The van der Waals surface area contributed by atoms with Gasteiger partial charge in [-0.3, -0.25) is 0 Å². The average Bonchev–Trinajstić information content (AvgIpc) is 3.08. The van der Waals surface area contributed by atoms with Crippen LogP contribution in [0.3, 0.4) is 0 Å². The summed E-state index contributed by atoms with van der Waals surface area (Å²) in [4.78, 5) is 0.216. The Morgan fingerprint density at radius 1 is 1.04 bits per heavy atom. The van der Waals surface area contributed by atoms with Crippen LogP contribution in [0.4, 0.5) is 0 Å². The molecule has 1 aliphatic carbocycles. The first-order valence-electron chi connectivity index (χ1n) is 8.04. The fourth-order valence-electron chi connectivity index (χ4n) is 2.79. The smallest absolute Gasteiger partial charge is 0.240 e. The number of ether oxygens (including phenoxy) is 1. The molecular weight excluding hydrogens is 346 g/mol. The van der Waals surface area contributed by atoms with Crippen LogP contribution >= 0.6 is 11.6 Å². The number of hydrogen-bond acceptors (Lipinski definition) is 3. The zero-order valence-electron chi connectivity index (χ0n) is 13.2. The number of hydrogen-bond donors (Lipinski definition) is 1. The van der Waals surface area contributed by atoms with Crippen LogP contribution in [0.5, 0.6) is 5.75 Å². The Hall–Kier alpha value is -1.56. The first-order valence-corrected chi connectivity index (χ1v) is 9.90. The summed E-state index contributed by atoms with van der Waals surface area (Å²) in [5.74, 6) is 0.715. The lowest BCUT2D eigenvalue weighted by atomic mass is 10.2. The molecule has 1 aliphatic rings. The maximum atomic E-state index is 12.4. The molecule has 0 amide bonds. The number of rotatable bonds is 6. The first kappa shape index (κ1) is 17.3. The number of sulfonamides is 1. The van der Waals surface area contributed by atoms with E-state index in [0.29, 0.717) is 10.8 Å². The molecule has 1 saturated carbocycles. The highest BCUT2D eigenvalue weighted by Crippen LogP contribution is 2.25. The summed E-state index contributed by atoms with van der Waals surface area (Å²) < 4.78 is 33.2. The third kappa shape index (κ3) is 4.29. The predicted octanol–water partition coefficient (Wildman–Crippen LogP) is 4.14. The third-order valence-electron chi connectivity index (χ3n) is 4.15. The quantitative estimate of drug-likeness (QED) is 0.837. The number of nitrogens with one attached hydrogen (secondary N) is 1. The highest BCUT2D eigenvalue weighted by Gasteiger charge is 2.18. The second-order valence-corrected chi connectivity index (χ2v) is 8.09. The summed E-state index contributed by atoms with van der Waals surface area (Å²) >= 11 is 6.05. The molecule has 0 aliphatic heterocycles. The number of benzene rings is 2. The van der Waals surface area contributed by atoms with Crippen LogP contribution < -0.4 is 9.46 Å². The molecule has 4 nitrogen and oxygen atoms in total. The normalized spacial score (nSPS) is 15.5. The molecule has 2 aromatic carbocycles. The molecule has 3 rings (SSSR count). The molecule has 1 fully saturated rings. The van der Waals surface area contributed by atoms with Crippen molar-refractivity contribution in [3.63, 3.8) is 0 Å². The molecule has 0 unspecified atom stereocenters. The van der Waals surface area contributed by atoms with Crippen molar-refractivity contribution in [2.24, 2.45) is 0 Å². The predicted molar refractivity (Wildman–Crippen MR) is 94.8 cm³/mol. The molecule has 6 heteroatoms. The average molecular weight is 366 g/mol. The molecule has 1 N–H and O–H groups in total. The minimum absolute atomic E-state index is 0.155. The van der Waals surface area contributed by atoms with Crippen molar-refractivity contribution < 1.29 is 13.2 Å². The van der Waals surface area contributed by atoms with Crippen molar-refractivity contribution in [3.05, 3.63) is 59.1 Å². The summed E-state index contributed by atoms with van der Waals surface area (Å²) in [7, 11) is -3.58. The Bertz CT molecular complexity index is 784. The van der Waals surface area contributed by atoms with Crippen LogP contribution in [-0.4, -0.2) is 14.5 Å². The molecule has 24 heavy (non-hydrogen) atoms. The van der Waals surface area contributed by atoms with Crippen LogP contribution in [0, 0.1) is 0 Å². The Morgan fingerprint density at radius 2 is 1.71 bits per heavy atom.